The van der Waals surface area contributed by atoms with Crippen LogP contribution in [-0.2, 0) is 37.5 Å². The van der Waals surface area contributed by atoms with Crippen LogP contribution in [0, 0.1) is 0 Å². The molecular formula is C40H62NO10P. The van der Waals surface area contributed by atoms with E-state index in [0.29, 0.717) is 19.3 Å². The first-order valence-electron chi connectivity index (χ1n) is 18.4. The van der Waals surface area contributed by atoms with E-state index in [-0.39, 0.29) is 19.4 Å². The number of phosphoric acid groups is 1. The molecule has 0 aromatic rings. The molecule has 0 aromatic carbocycles. The third-order valence-corrected chi connectivity index (χ3v) is 7.97. The van der Waals surface area contributed by atoms with Crippen molar-refractivity contribution in [2.75, 3.05) is 19.8 Å². The van der Waals surface area contributed by atoms with Gasteiger partial charge < -0.3 is 25.2 Å². The molecule has 0 spiro atoms. The molecule has 3 atom stereocenters. The van der Waals surface area contributed by atoms with Gasteiger partial charge in [0.05, 0.1) is 13.2 Å². The first-order chi connectivity index (χ1) is 25.1. The number of carbonyl (C=O) groups is 3. The highest BCUT2D eigenvalue weighted by Gasteiger charge is 2.28. The zero-order chi connectivity index (χ0) is 38.5. The molecule has 0 aliphatic rings. The minimum Gasteiger partial charge on any atom is -0.480 e. The van der Waals surface area contributed by atoms with E-state index < -0.39 is 51.1 Å². The second-order valence-electron chi connectivity index (χ2n) is 11.8. The van der Waals surface area contributed by atoms with Crippen molar-refractivity contribution in [2.45, 2.75) is 116 Å². The average molecular weight is 748 g/mol. The van der Waals surface area contributed by atoms with Gasteiger partial charge in [-0.15, -0.1) is 0 Å². The molecule has 0 bridgehead atoms. The third kappa shape index (κ3) is 33.5. The highest BCUT2D eigenvalue weighted by atomic mass is 31.2. The van der Waals surface area contributed by atoms with Crippen LogP contribution in [0.5, 0.6) is 0 Å². The van der Waals surface area contributed by atoms with Crippen LogP contribution in [0.3, 0.4) is 0 Å². The SMILES string of the molecule is CC/C=C/C=C/C=C/C=C/C=C/CCCC(=O)OC(COC(=O)CCCCCCCCC/C=C/C=C/C=C/CC)COP(=O)(O)OC[C@H](N)C(=O)O. The summed E-state index contributed by atoms with van der Waals surface area (Å²) in [5.74, 6) is -2.51. The molecule has 2 unspecified atom stereocenters. The average Bonchev–Trinajstić information content (AvgIpc) is 3.12. The molecule has 292 valence electrons. The first kappa shape index (κ1) is 48.4. The fourth-order valence-corrected chi connectivity index (χ4v) is 4.93. The van der Waals surface area contributed by atoms with Crippen LogP contribution >= 0.6 is 7.82 Å². The van der Waals surface area contributed by atoms with Crippen molar-refractivity contribution < 1.29 is 47.5 Å². The fourth-order valence-electron chi connectivity index (χ4n) is 4.15. The van der Waals surface area contributed by atoms with Gasteiger partial charge in [-0.05, 0) is 44.9 Å². The number of hydrogen-bond acceptors (Lipinski definition) is 9. The smallest absolute Gasteiger partial charge is 0.472 e. The summed E-state index contributed by atoms with van der Waals surface area (Å²) in [4.78, 5) is 45.7. The van der Waals surface area contributed by atoms with Gasteiger partial charge in [-0.25, -0.2) is 4.57 Å². The molecule has 4 N–H and O–H groups in total. The van der Waals surface area contributed by atoms with Crippen molar-refractivity contribution in [1.82, 2.24) is 0 Å². The Hall–Kier alpha value is -3.60. The van der Waals surface area contributed by atoms with Crippen LogP contribution in [0.1, 0.15) is 104 Å². The van der Waals surface area contributed by atoms with Gasteiger partial charge in [0, 0.05) is 12.8 Å². The second kappa shape index (κ2) is 34.5. The van der Waals surface area contributed by atoms with E-state index in [4.69, 9.17) is 24.8 Å². The van der Waals surface area contributed by atoms with Crippen LogP contribution in [0.4, 0.5) is 0 Å². The Bertz CT molecular complexity index is 1250. The predicted octanol–water partition coefficient (Wildman–Crippen LogP) is 8.94. The van der Waals surface area contributed by atoms with E-state index in [1.807, 2.05) is 72.9 Å². The Morgan fingerprint density at radius 3 is 1.58 bits per heavy atom. The van der Waals surface area contributed by atoms with Crippen LogP contribution in [0.15, 0.2) is 97.2 Å². The minimum atomic E-state index is -4.74. The molecule has 0 saturated carbocycles. The maximum absolute atomic E-state index is 12.5. The standard InChI is InChI=1S/C40H62NO10P/c1-3-5-7-9-11-13-15-17-18-20-21-23-25-27-29-31-38(42)48-33-36(34-49-52(46,47)50-35-37(41)40(44)45)51-39(43)32-30-28-26-24-22-19-16-14-12-10-8-6-4-2/h5-16,19,22,24,26,36-37H,3-4,17-18,20-21,23,25,27-35,41H2,1-2H3,(H,44,45)(H,46,47)/b7-5+,8-6+,11-9+,12-10+,15-13+,16-14+,22-19+,26-24+/t36?,37-/m0/s1. The molecular weight excluding hydrogens is 685 g/mol. The number of allylic oxidation sites excluding steroid dienone is 16. The number of hydrogen-bond donors (Lipinski definition) is 3. The molecule has 0 fully saturated rings. The van der Waals surface area contributed by atoms with Gasteiger partial charge in [0.15, 0.2) is 6.10 Å². The maximum atomic E-state index is 12.5. The summed E-state index contributed by atoms with van der Waals surface area (Å²) in [6.45, 7) is 2.39. The Kier molecular flexibility index (Phi) is 32.1. The summed E-state index contributed by atoms with van der Waals surface area (Å²) in [6.07, 6.45) is 42.1. The van der Waals surface area contributed by atoms with E-state index in [9.17, 15) is 23.8 Å². The monoisotopic (exact) mass is 747 g/mol. The Labute approximate surface area is 311 Å². The summed E-state index contributed by atoms with van der Waals surface area (Å²) >= 11 is 0. The van der Waals surface area contributed by atoms with Gasteiger partial charge in [0.2, 0.25) is 0 Å². The van der Waals surface area contributed by atoms with Crippen molar-refractivity contribution in [1.29, 1.82) is 0 Å². The van der Waals surface area contributed by atoms with Crippen molar-refractivity contribution in [2.24, 2.45) is 5.73 Å². The van der Waals surface area contributed by atoms with E-state index in [0.717, 1.165) is 57.8 Å². The fraction of sp³-hybridized carbons (Fsp3) is 0.525. The number of esters is 2. The second-order valence-corrected chi connectivity index (χ2v) is 13.2. The van der Waals surface area contributed by atoms with Crippen molar-refractivity contribution in [3.8, 4) is 0 Å². The largest absolute Gasteiger partial charge is 0.480 e. The van der Waals surface area contributed by atoms with E-state index in [1.165, 1.54) is 0 Å². The molecule has 0 amide bonds. The molecule has 0 aromatic heterocycles. The summed E-state index contributed by atoms with van der Waals surface area (Å²) in [5, 5.41) is 8.85. The number of ether oxygens (including phenoxy) is 2. The van der Waals surface area contributed by atoms with Gasteiger partial charge >= 0.3 is 25.7 Å². The van der Waals surface area contributed by atoms with E-state index >= 15 is 0 Å². The highest BCUT2D eigenvalue weighted by Crippen LogP contribution is 2.43. The number of aliphatic carboxylic acids is 1. The molecule has 0 aliphatic heterocycles. The third-order valence-electron chi connectivity index (χ3n) is 7.02. The predicted molar refractivity (Wildman–Crippen MR) is 207 cm³/mol. The van der Waals surface area contributed by atoms with E-state index in [2.05, 4.69) is 42.7 Å². The summed E-state index contributed by atoms with van der Waals surface area (Å²) in [7, 11) is -4.74. The zero-order valence-electron chi connectivity index (χ0n) is 31.1. The summed E-state index contributed by atoms with van der Waals surface area (Å²) in [6, 6.07) is -1.54. The molecule has 52 heavy (non-hydrogen) atoms. The lowest BCUT2D eigenvalue weighted by Crippen LogP contribution is -2.34. The lowest BCUT2D eigenvalue weighted by atomic mass is 10.1. The van der Waals surface area contributed by atoms with Crippen LogP contribution in [0.2, 0.25) is 0 Å². The van der Waals surface area contributed by atoms with Crippen molar-refractivity contribution in [3.05, 3.63) is 97.2 Å². The number of rotatable bonds is 32. The van der Waals surface area contributed by atoms with Crippen molar-refractivity contribution in [3.63, 3.8) is 0 Å². The quantitative estimate of drug-likeness (QED) is 0.0260. The lowest BCUT2D eigenvalue weighted by molar-refractivity contribution is -0.161. The summed E-state index contributed by atoms with van der Waals surface area (Å²) < 4.78 is 32.4. The van der Waals surface area contributed by atoms with Gasteiger partial charge in [0.25, 0.3) is 0 Å². The maximum Gasteiger partial charge on any atom is 0.472 e. The highest BCUT2D eigenvalue weighted by molar-refractivity contribution is 7.47. The van der Waals surface area contributed by atoms with E-state index in [1.54, 1.807) is 0 Å². The normalized spacial score (nSPS) is 15.0. The first-order valence-corrected chi connectivity index (χ1v) is 19.9. The number of unbranched alkanes of at least 4 members (excludes halogenated alkanes) is 8. The lowest BCUT2D eigenvalue weighted by Gasteiger charge is -2.20. The minimum absolute atomic E-state index is 0.0558. The number of carboxylic acids is 1. The number of carbonyl (C=O) groups excluding carboxylic acids is 2. The van der Waals surface area contributed by atoms with Crippen LogP contribution in [-0.4, -0.2) is 59.9 Å². The van der Waals surface area contributed by atoms with Gasteiger partial charge in [-0.3, -0.25) is 23.4 Å². The molecule has 0 saturated heterocycles. The summed E-state index contributed by atoms with van der Waals surface area (Å²) in [5.41, 5.74) is 5.30. The molecule has 0 heterocycles. The number of nitrogens with two attached hydrogens (primary N) is 1. The molecule has 12 heteroatoms. The number of carboxylic acid groups (broad SMARTS) is 1. The van der Waals surface area contributed by atoms with Gasteiger partial charge in [-0.2, -0.15) is 0 Å². The van der Waals surface area contributed by atoms with Gasteiger partial charge in [0.1, 0.15) is 12.6 Å². The molecule has 0 aliphatic carbocycles. The van der Waals surface area contributed by atoms with Crippen LogP contribution < -0.4 is 5.73 Å². The molecule has 0 radical (unpaired) electrons. The Morgan fingerprint density at radius 1 is 0.596 bits per heavy atom. The Morgan fingerprint density at radius 2 is 1.04 bits per heavy atom. The van der Waals surface area contributed by atoms with Crippen LogP contribution in [0.25, 0.3) is 0 Å². The molecule has 0 rings (SSSR count). The van der Waals surface area contributed by atoms with Crippen molar-refractivity contribution >= 4 is 25.7 Å². The Balaban J connectivity index is 4.61. The molecule has 11 nitrogen and oxygen atoms in total. The topological polar surface area (TPSA) is 172 Å². The van der Waals surface area contributed by atoms with Gasteiger partial charge in [-0.1, -0.05) is 143 Å². The zero-order valence-corrected chi connectivity index (χ0v) is 32.0. The number of phosphoric ester groups is 1.